The third-order valence-corrected chi connectivity index (χ3v) is 5.09. The number of aromatic hydroxyl groups is 1. The van der Waals surface area contributed by atoms with E-state index in [1.54, 1.807) is 30.3 Å². The zero-order valence-corrected chi connectivity index (χ0v) is 17.2. The maximum atomic E-state index is 12.6. The summed E-state index contributed by atoms with van der Waals surface area (Å²) in [5, 5.41) is 17.1. The number of halogens is 3. The van der Waals surface area contributed by atoms with Gasteiger partial charge in [0.15, 0.2) is 10.9 Å². The molecule has 3 aromatic rings. The highest BCUT2D eigenvalue weighted by Crippen LogP contribution is 2.26. The van der Waals surface area contributed by atoms with Gasteiger partial charge in [0.05, 0.1) is 17.3 Å². The number of nitrogens with one attached hydrogen (secondary N) is 1. The number of benzene rings is 2. The first-order valence-corrected chi connectivity index (χ1v) is 9.85. The summed E-state index contributed by atoms with van der Waals surface area (Å²) in [6.45, 7) is 0. The smallest absolute Gasteiger partial charge is 0.288 e. The molecule has 2 aromatic carbocycles. The van der Waals surface area contributed by atoms with Gasteiger partial charge in [0.25, 0.3) is 5.76 Å². The highest BCUT2D eigenvalue weighted by molar-refractivity contribution is 9.10. The number of thiocarbonyl (C=S) groups is 1. The van der Waals surface area contributed by atoms with Crippen LogP contribution in [0.5, 0.6) is 5.75 Å². The largest absolute Gasteiger partial charge is 0.507 e. The zero-order chi connectivity index (χ0) is 20.3. The van der Waals surface area contributed by atoms with Gasteiger partial charge in [-0.2, -0.15) is 13.9 Å². The molecule has 5 nitrogen and oxygen atoms in total. The van der Waals surface area contributed by atoms with Crippen molar-refractivity contribution in [1.82, 2.24) is 9.78 Å². The molecule has 2 N–H and O–H groups in total. The number of rotatable bonds is 5. The van der Waals surface area contributed by atoms with Crippen LogP contribution in [0.15, 0.2) is 64.2 Å². The molecule has 144 valence electrons. The van der Waals surface area contributed by atoms with Gasteiger partial charge in [0, 0.05) is 21.3 Å². The maximum Gasteiger partial charge on any atom is 0.288 e. The highest BCUT2D eigenvalue weighted by atomic mass is 79.9. The standard InChI is InChI=1S/C18H12BrF2N3O2S2/c19-11-1-6-15(25)14(7-11)16(26)10-8-22-24(9-10)18(27)23-12-2-4-13(5-3-12)28-17(20)21/h1-9,17,25H,(H,23,27). The van der Waals surface area contributed by atoms with Crippen LogP contribution in [-0.2, 0) is 0 Å². The number of carbonyl (C=O) groups is 1. The predicted octanol–water partition coefficient (Wildman–Crippen LogP) is 5.14. The van der Waals surface area contributed by atoms with E-state index in [4.69, 9.17) is 12.2 Å². The topological polar surface area (TPSA) is 67.2 Å². The average Bonchev–Trinajstić information content (AvgIpc) is 3.14. The fraction of sp³-hybridized carbons (Fsp3) is 0.0556. The molecule has 0 amide bonds. The zero-order valence-electron chi connectivity index (χ0n) is 14.0. The van der Waals surface area contributed by atoms with Crippen LogP contribution in [0.25, 0.3) is 0 Å². The Labute approximate surface area is 176 Å². The molecule has 0 radical (unpaired) electrons. The number of ketones is 1. The molecule has 0 saturated heterocycles. The molecule has 0 aliphatic heterocycles. The Kier molecular flexibility index (Phi) is 6.42. The molecule has 3 rings (SSSR count). The molecule has 0 unspecified atom stereocenters. The third-order valence-electron chi connectivity index (χ3n) is 3.59. The molecule has 0 aliphatic rings. The SMILES string of the molecule is O=C(c1cnn(C(=S)Nc2ccc(SC(F)F)cc2)c1)c1cc(Br)ccc1O. The summed E-state index contributed by atoms with van der Waals surface area (Å²) < 4.78 is 26.7. The normalized spacial score (nSPS) is 10.9. The van der Waals surface area contributed by atoms with Crippen LogP contribution >= 0.6 is 39.9 Å². The van der Waals surface area contributed by atoms with E-state index in [0.29, 0.717) is 26.8 Å². The van der Waals surface area contributed by atoms with E-state index >= 15 is 0 Å². The molecular formula is C18H12BrF2N3O2S2. The van der Waals surface area contributed by atoms with Gasteiger partial charge < -0.3 is 10.4 Å². The minimum Gasteiger partial charge on any atom is -0.507 e. The van der Waals surface area contributed by atoms with Crippen molar-refractivity contribution in [3.05, 3.63) is 70.5 Å². The fourth-order valence-electron chi connectivity index (χ4n) is 2.30. The Morgan fingerprint density at radius 3 is 2.64 bits per heavy atom. The average molecular weight is 484 g/mol. The van der Waals surface area contributed by atoms with Crippen LogP contribution in [-0.4, -0.2) is 31.5 Å². The van der Waals surface area contributed by atoms with E-state index < -0.39 is 11.5 Å². The van der Waals surface area contributed by atoms with Gasteiger partial charge in [-0.25, -0.2) is 4.68 Å². The number of hydrogen-bond acceptors (Lipinski definition) is 5. The van der Waals surface area contributed by atoms with Crippen LogP contribution in [0.3, 0.4) is 0 Å². The van der Waals surface area contributed by atoms with Gasteiger partial charge in [-0.3, -0.25) is 4.79 Å². The summed E-state index contributed by atoms with van der Waals surface area (Å²) in [5.41, 5.74) is 0.984. The maximum absolute atomic E-state index is 12.6. The summed E-state index contributed by atoms with van der Waals surface area (Å²) in [6.07, 6.45) is 2.79. The van der Waals surface area contributed by atoms with Gasteiger partial charge in [0.2, 0.25) is 0 Å². The second-order valence-corrected chi connectivity index (χ2v) is 7.86. The summed E-state index contributed by atoms with van der Waals surface area (Å²) in [7, 11) is 0. The third kappa shape index (κ3) is 4.94. The summed E-state index contributed by atoms with van der Waals surface area (Å²) >= 11 is 8.98. The van der Waals surface area contributed by atoms with Crippen LogP contribution in [0, 0.1) is 0 Å². The van der Waals surface area contributed by atoms with E-state index in [2.05, 4.69) is 26.3 Å². The molecule has 0 saturated carbocycles. The number of phenols is 1. The first kappa shape index (κ1) is 20.4. The highest BCUT2D eigenvalue weighted by Gasteiger charge is 2.17. The van der Waals surface area contributed by atoms with E-state index in [1.807, 2.05) is 0 Å². The van der Waals surface area contributed by atoms with Crippen molar-refractivity contribution in [2.45, 2.75) is 10.7 Å². The van der Waals surface area contributed by atoms with Crippen molar-refractivity contribution in [2.75, 3.05) is 5.32 Å². The summed E-state index contributed by atoms with van der Waals surface area (Å²) in [4.78, 5) is 13.0. The van der Waals surface area contributed by atoms with Crippen molar-refractivity contribution in [3.63, 3.8) is 0 Å². The fourth-order valence-corrected chi connectivity index (χ4v) is 3.37. The van der Waals surface area contributed by atoms with E-state index in [0.717, 1.165) is 0 Å². The van der Waals surface area contributed by atoms with Crippen molar-refractivity contribution >= 4 is 56.5 Å². The second-order valence-electron chi connectivity index (χ2n) is 5.50. The predicted molar refractivity (Wildman–Crippen MR) is 111 cm³/mol. The van der Waals surface area contributed by atoms with Gasteiger partial charge in [0.1, 0.15) is 5.75 Å². The Morgan fingerprint density at radius 1 is 1.25 bits per heavy atom. The first-order valence-electron chi connectivity index (χ1n) is 7.77. The molecule has 28 heavy (non-hydrogen) atoms. The van der Waals surface area contributed by atoms with Gasteiger partial charge in [-0.15, -0.1) is 0 Å². The Bertz CT molecular complexity index is 1030. The van der Waals surface area contributed by atoms with E-state index in [-0.39, 0.29) is 22.0 Å². The Morgan fingerprint density at radius 2 is 1.96 bits per heavy atom. The van der Waals surface area contributed by atoms with Crippen LogP contribution in [0.4, 0.5) is 14.5 Å². The second kappa shape index (κ2) is 8.80. The Balaban J connectivity index is 1.72. The molecule has 1 aromatic heterocycles. The van der Waals surface area contributed by atoms with Crippen molar-refractivity contribution in [2.24, 2.45) is 0 Å². The molecular weight excluding hydrogens is 472 g/mol. The van der Waals surface area contributed by atoms with Gasteiger partial charge in [-0.05, 0) is 54.7 Å². The number of nitrogens with zero attached hydrogens (tertiary/aromatic N) is 2. The molecule has 0 aliphatic carbocycles. The van der Waals surface area contributed by atoms with Crippen molar-refractivity contribution in [3.8, 4) is 5.75 Å². The van der Waals surface area contributed by atoms with Crippen molar-refractivity contribution in [1.29, 1.82) is 0 Å². The van der Waals surface area contributed by atoms with Crippen LogP contribution in [0.2, 0.25) is 0 Å². The number of aromatic nitrogens is 2. The quantitative estimate of drug-likeness (QED) is 0.297. The molecule has 0 spiro atoms. The first-order chi connectivity index (χ1) is 13.3. The Hall–Kier alpha value is -2.30. The van der Waals surface area contributed by atoms with Crippen molar-refractivity contribution < 1.29 is 18.7 Å². The molecule has 0 bridgehead atoms. The van der Waals surface area contributed by atoms with Crippen LogP contribution < -0.4 is 5.32 Å². The number of alkyl halides is 2. The molecule has 10 heteroatoms. The summed E-state index contributed by atoms with van der Waals surface area (Å²) in [6, 6.07) is 10.9. The number of thioether (sulfide) groups is 1. The number of carbonyl (C=O) groups excluding carboxylic acids is 1. The van der Waals surface area contributed by atoms with Gasteiger partial charge in [-0.1, -0.05) is 27.7 Å². The van der Waals surface area contributed by atoms with E-state index in [1.165, 1.54) is 29.2 Å². The molecule has 0 fully saturated rings. The lowest BCUT2D eigenvalue weighted by atomic mass is 10.1. The minimum atomic E-state index is -2.48. The molecule has 0 atom stereocenters. The monoisotopic (exact) mass is 483 g/mol. The molecule has 1 heterocycles. The summed E-state index contributed by atoms with van der Waals surface area (Å²) in [5.74, 6) is -3.02. The van der Waals surface area contributed by atoms with Gasteiger partial charge >= 0.3 is 0 Å². The number of phenolic OH excluding ortho intramolecular Hbond substituents is 1. The minimum absolute atomic E-state index is 0.136. The lowest BCUT2D eigenvalue weighted by Crippen LogP contribution is -2.19. The number of anilines is 1. The van der Waals surface area contributed by atoms with E-state index in [9.17, 15) is 18.7 Å². The van der Waals surface area contributed by atoms with Crippen LogP contribution in [0.1, 0.15) is 15.9 Å². The number of hydrogen-bond donors (Lipinski definition) is 2. The lowest BCUT2D eigenvalue weighted by molar-refractivity contribution is 0.103. The lowest BCUT2D eigenvalue weighted by Gasteiger charge is -2.08.